The number of aliphatic hydroxyl groups is 1. The average molecular weight is 374 g/mol. The Balaban J connectivity index is 1.93. The maximum absolute atomic E-state index is 10.7. The van der Waals surface area contributed by atoms with Crippen molar-refractivity contribution in [2.75, 3.05) is 26.6 Å². The SMILES string of the molecule is COc1cc2c(c(OC)c1OC)C(O)=C/C(=C\Cc1ccc([N+](=O)[O-])o1)N2. The second-order valence-corrected chi connectivity index (χ2v) is 5.58. The molecule has 0 fully saturated rings. The first-order chi connectivity index (χ1) is 13.0. The largest absolute Gasteiger partial charge is 0.507 e. The van der Waals surface area contributed by atoms with E-state index in [-0.39, 0.29) is 11.6 Å². The van der Waals surface area contributed by atoms with Crippen LogP contribution in [0.1, 0.15) is 11.3 Å². The molecule has 9 nitrogen and oxygen atoms in total. The van der Waals surface area contributed by atoms with E-state index in [1.54, 1.807) is 12.1 Å². The molecule has 0 saturated carbocycles. The van der Waals surface area contributed by atoms with Crippen molar-refractivity contribution in [2.45, 2.75) is 6.42 Å². The Kier molecular flexibility index (Phi) is 4.93. The summed E-state index contributed by atoms with van der Waals surface area (Å²) >= 11 is 0. The maximum Gasteiger partial charge on any atom is 0.433 e. The van der Waals surface area contributed by atoms with Gasteiger partial charge in [-0.2, -0.15) is 0 Å². The Bertz CT molecular complexity index is 943. The van der Waals surface area contributed by atoms with Crippen molar-refractivity contribution >= 4 is 17.3 Å². The molecule has 1 aromatic heterocycles. The highest BCUT2D eigenvalue weighted by atomic mass is 16.6. The van der Waals surface area contributed by atoms with Gasteiger partial charge in [-0.05, 0) is 6.07 Å². The fraction of sp³-hybridized carbons (Fsp3) is 0.222. The molecule has 1 aromatic carbocycles. The monoisotopic (exact) mass is 374 g/mol. The molecule has 0 atom stereocenters. The third-order valence-electron chi connectivity index (χ3n) is 4.01. The van der Waals surface area contributed by atoms with Crippen LogP contribution in [-0.4, -0.2) is 31.4 Å². The minimum Gasteiger partial charge on any atom is -0.507 e. The Morgan fingerprint density at radius 3 is 2.56 bits per heavy atom. The zero-order chi connectivity index (χ0) is 19.6. The second kappa shape index (κ2) is 7.32. The second-order valence-electron chi connectivity index (χ2n) is 5.58. The third kappa shape index (κ3) is 3.39. The van der Waals surface area contributed by atoms with Gasteiger partial charge in [0.1, 0.15) is 16.4 Å². The summed E-state index contributed by atoms with van der Waals surface area (Å²) in [4.78, 5) is 10.1. The van der Waals surface area contributed by atoms with E-state index in [0.29, 0.717) is 46.4 Å². The summed E-state index contributed by atoms with van der Waals surface area (Å²) < 4.78 is 21.2. The molecule has 2 heterocycles. The van der Waals surface area contributed by atoms with Gasteiger partial charge in [0.05, 0.1) is 38.6 Å². The van der Waals surface area contributed by atoms with Crippen LogP contribution in [-0.2, 0) is 6.42 Å². The van der Waals surface area contributed by atoms with E-state index in [9.17, 15) is 15.2 Å². The Labute approximate surface area is 154 Å². The summed E-state index contributed by atoms with van der Waals surface area (Å²) in [5, 5.41) is 24.3. The molecule has 0 spiro atoms. The molecule has 9 heteroatoms. The van der Waals surface area contributed by atoms with Crippen LogP contribution in [0.3, 0.4) is 0 Å². The molecule has 27 heavy (non-hydrogen) atoms. The van der Waals surface area contributed by atoms with Crippen molar-refractivity contribution in [2.24, 2.45) is 0 Å². The van der Waals surface area contributed by atoms with Crippen molar-refractivity contribution in [3.63, 3.8) is 0 Å². The molecule has 0 radical (unpaired) electrons. The van der Waals surface area contributed by atoms with Gasteiger partial charge in [-0.15, -0.1) is 0 Å². The summed E-state index contributed by atoms with van der Waals surface area (Å²) in [5.74, 6) is 1.25. The van der Waals surface area contributed by atoms with E-state index in [2.05, 4.69) is 5.32 Å². The molecule has 2 aromatic rings. The molecule has 142 valence electrons. The van der Waals surface area contributed by atoms with E-state index in [0.717, 1.165) is 0 Å². The fourth-order valence-electron chi connectivity index (χ4n) is 2.82. The molecule has 0 unspecified atom stereocenters. The van der Waals surface area contributed by atoms with Gasteiger partial charge in [0.2, 0.25) is 5.75 Å². The summed E-state index contributed by atoms with van der Waals surface area (Å²) in [6.45, 7) is 0. The molecule has 1 aliphatic heterocycles. The van der Waals surface area contributed by atoms with Crippen LogP contribution in [0.4, 0.5) is 11.6 Å². The van der Waals surface area contributed by atoms with E-state index in [1.807, 2.05) is 0 Å². The van der Waals surface area contributed by atoms with E-state index < -0.39 is 4.92 Å². The number of rotatable bonds is 6. The lowest BCUT2D eigenvalue weighted by molar-refractivity contribution is -0.402. The van der Waals surface area contributed by atoms with Gasteiger partial charge < -0.3 is 29.1 Å². The van der Waals surface area contributed by atoms with Gasteiger partial charge in [-0.25, -0.2) is 0 Å². The van der Waals surface area contributed by atoms with Gasteiger partial charge in [0.15, 0.2) is 11.5 Å². The topological polar surface area (TPSA) is 116 Å². The molecule has 0 saturated heterocycles. The van der Waals surface area contributed by atoms with Crippen LogP contribution < -0.4 is 19.5 Å². The van der Waals surface area contributed by atoms with E-state index in [4.69, 9.17) is 18.6 Å². The standard InChI is InChI=1S/C18H18N2O7/c1-24-14-9-12-16(18(26-3)17(14)25-2)13(21)8-10(19-12)4-5-11-6-7-15(27-11)20(22)23/h4,6-9,19,21H,5H2,1-3H3/b10-4+. The number of nitrogens with zero attached hydrogens (tertiary/aromatic N) is 1. The number of allylic oxidation sites excluding steroid dienone is 2. The zero-order valence-corrected chi connectivity index (χ0v) is 14.9. The van der Waals surface area contributed by atoms with Gasteiger partial charge in [0, 0.05) is 24.3 Å². The number of nitro groups is 1. The highest BCUT2D eigenvalue weighted by molar-refractivity contribution is 5.87. The third-order valence-corrected chi connectivity index (χ3v) is 4.01. The van der Waals surface area contributed by atoms with Crippen molar-refractivity contribution in [3.05, 3.63) is 57.5 Å². The zero-order valence-electron chi connectivity index (χ0n) is 14.9. The van der Waals surface area contributed by atoms with Crippen LogP contribution in [0.25, 0.3) is 5.76 Å². The Morgan fingerprint density at radius 2 is 1.96 bits per heavy atom. The smallest absolute Gasteiger partial charge is 0.433 e. The number of nitrogens with one attached hydrogen (secondary N) is 1. The fourth-order valence-corrected chi connectivity index (χ4v) is 2.82. The molecule has 3 rings (SSSR count). The number of furan rings is 1. The molecule has 2 N–H and O–H groups in total. The van der Waals surface area contributed by atoms with Crippen molar-refractivity contribution in [1.82, 2.24) is 0 Å². The van der Waals surface area contributed by atoms with Crippen LogP contribution in [0.2, 0.25) is 0 Å². The first kappa shape index (κ1) is 18.2. The summed E-state index contributed by atoms with van der Waals surface area (Å²) in [6, 6.07) is 4.52. The predicted molar refractivity (Wildman–Crippen MR) is 97.5 cm³/mol. The number of aliphatic hydroxyl groups excluding tert-OH is 1. The molecule has 1 aliphatic rings. The maximum atomic E-state index is 10.7. The lowest BCUT2D eigenvalue weighted by Gasteiger charge is -2.23. The van der Waals surface area contributed by atoms with Crippen molar-refractivity contribution in [3.8, 4) is 17.2 Å². The number of hydrogen-bond acceptors (Lipinski definition) is 8. The average Bonchev–Trinajstić information content (AvgIpc) is 3.14. The lowest BCUT2D eigenvalue weighted by atomic mass is 10.0. The number of fused-ring (bicyclic) bond motifs is 1. The molecule has 0 amide bonds. The quantitative estimate of drug-likeness (QED) is 0.581. The molecule has 0 bridgehead atoms. The van der Waals surface area contributed by atoms with Gasteiger partial charge in [-0.1, -0.05) is 6.08 Å². The van der Waals surface area contributed by atoms with E-state index >= 15 is 0 Å². The van der Waals surface area contributed by atoms with Gasteiger partial charge in [-0.3, -0.25) is 10.1 Å². The summed E-state index contributed by atoms with van der Waals surface area (Å²) in [6.07, 6.45) is 3.57. The number of anilines is 1. The number of ether oxygens (including phenoxy) is 3. The highest BCUT2D eigenvalue weighted by Gasteiger charge is 2.26. The number of hydrogen-bond donors (Lipinski definition) is 2. The van der Waals surface area contributed by atoms with Gasteiger partial charge in [0.25, 0.3) is 0 Å². The Hall–Kier alpha value is -3.62. The summed E-state index contributed by atoms with van der Waals surface area (Å²) in [7, 11) is 4.46. The lowest BCUT2D eigenvalue weighted by Crippen LogP contribution is -2.10. The highest BCUT2D eigenvalue weighted by Crippen LogP contribution is 2.48. The Morgan fingerprint density at radius 1 is 1.22 bits per heavy atom. The number of methoxy groups -OCH3 is 3. The van der Waals surface area contributed by atoms with E-state index in [1.165, 1.54) is 39.5 Å². The molecular weight excluding hydrogens is 356 g/mol. The van der Waals surface area contributed by atoms with Crippen LogP contribution >= 0.6 is 0 Å². The summed E-state index contributed by atoms with van der Waals surface area (Å²) in [5.41, 5.74) is 1.61. The molecular formula is C18H18N2O7. The van der Waals surface area contributed by atoms with Gasteiger partial charge >= 0.3 is 5.88 Å². The van der Waals surface area contributed by atoms with Crippen LogP contribution in [0.5, 0.6) is 17.2 Å². The van der Waals surface area contributed by atoms with Crippen molar-refractivity contribution in [1.29, 1.82) is 0 Å². The molecule has 0 aliphatic carbocycles. The van der Waals surface area contributed by atoms with Crippen LogP contribution in [0, 0.1) is 10.1 Å². The first-order valence-corrected chi connectivity index (χ1v) is 7.92. The first-order valence-electron chi connectivity index (χ1n) is 7.92. The minimum atomic E-state index is -0.594. The minimum absolute atomic E-state index is 0.0155. The predicted octanol–water partition coefficient (Wildman–Crippen LogP) is 3.66. The normalized spacial score (nSPS) is 14.2. The van der Waals surface area contributed by atoms with Crippen LogP contribution in [0.15, 0.2) is 40.5 Å². The van der Waals surface area contributed by atoms with Crippen molar-refractivity contribution < 1.29 is 28.7 Å². The number of benzene rings is 1.